The van der Waals surface area contributed by atoms with E-state index in [0.717, 1.165) is 27.8 Å². The first-order chi connectivity index (χ1) is 9.16. The van der Waals surface area contributed by atoms with E-state index in [1.807, 2.05) is 17.5 Å². The zero-order chi connectivity index (χ0) is 13.4. The van der Waals surface area contributed by atoms with E-state index in [2.05, 4.69) is 14.6 Å². The number of rotatable bonds is 2. The van der Waals surface area contributed by atoms with Gasteiger partial charge in [-0.05, 0) is 6.07 Å². The number of hydrogen-bond donors (Lipinski definition) is 1. The van der Waals surface area contributed by atoms with Gasteiger partial charge in [-0.25, -0.2) is 4.98 Å². The van der Waals surface area contributed by atoms with Crippen LogP contribution in [0.25, 0.3) is 22.0 Å². The van der Waals surface area contributed by atoms with Crippen molar-refractivity contribution in [3.63, 3.8) is 0 Å². The number of thiazole rings is 1. The Balaban J connectivity index is 2.07. The Morgan fingerprint density at radius 1 is 1.21 bits per heavy atom. The first-order valence-corrected chi connectivity index (χ1v) is 7.56. The van der Waals surface area contributed by atoms with Crippen molar-refractivity contribution in [3.8, 4) is 22.0 Å². The van der Waals surface area contributed by atoms with E-state index >= 15 is 0 Å². The maximum absolute atomic E-state index is 6.18. The van der Waals surface area contributed by atoms with Gasteiger partial charge >= 0.3 is 0 Å². The number of benzene rings is 1. The van der Waals surface area contributed by atoms with Crippen LogP contribution in [-0.4, -0.2) is 14.6 Å². The molecule has 0 aliphatic rings. The number of anilines is 1. The van der Waals surface area contributed by atoms with Crippen molar-refractivity contribution >= 4 is 51.1 Å². The van der Waals surface area contributed by atoms with E-state index in [4.69, 9.17) is 28.9 Å². The zero-order valence-electron chi connectivity index (χ0n) is 9.30. The number of nitrogen functional groups attached to an aromatic ring is 1. The molecule has 0 atom stereocenters. The maximum Gasteiger partial charge on any atom is 0.157 e. The molecule has 0 aliphatic carbocycles. The van der Waals surface area contributed by atoms with Crippen molar-refractivity contribution in [2.24, 2.45) is 0 Å². The number of nitrogens with zero attached hydrogens (tertiary/aromatic N) is 3. The van der Waals surface area contributed by atoms with Crippen molar-refractivity contribution in [3.05, 3.63) is 33.6 Å². The lowest BCUT2D eigenvalue weighted by atomic mass is 10.2. The fourth-order valence-electron chi connectivity index (χ4n) is 1.55. The van der Waals surface area contributed by atoms with E-state index in [1.54, 1.807) is 6.07 Å². The molecule has 2 aromatic heterocycles. The Labute approximate surface area is 127 Å². The van der Waals surface area contributed by atoms with Gasteiger partial charge in [0.1, 0.15) is 10.0 Å². The van der Waals surface area contributed by atoms with Crippen LogP contribution >= 0.6 is 46.1 Å². The van der Waals surface area contributed by atoms with Crippen molar-refractivity contribution in [2.75, 3.05) is 5.73 Å². The lowest BCUT2D eigenvalue weighted by molar-refractivity contribution is 1.15. The molecule has 0 fully saturated rings. The number of halogens is 2. The molecule has 2 N–H and O–H groups in total. The number of hydrogen-bond acceptors (Lipinski definition) is 6. The fraction of sp³-hybridized carbons (Fsp3) is 0. The third kappa shape index (κ3) is 2.32. The minimum Gasteiger partial charge on any atom is -0.387 e. The lowest BCUT2D eigenvalue weighted by Crippen LogP contribution is -1.86. The van der Waals surface area contributed by atoms with Crippen molar-refractivity contribution < 1.29 is 0 Å². The predicted molar refractivity (Wildman–Crippen MR) is 80.9 cm³/mol. The lowest BCUT2D eigenvalue weighted by Gasteiger charge is -2.01. The summed E-state index contributed by atoms with van der Waals surface area (Å²) in [5.41, 5.74) is 7.94. The standard InChI is InChI=1S/C11H6Cl2N4S2/c12-6-3-1-2-5(8(6)13)7-4-18-11(15-7)9-10(14)19-17-16-9/h1-4H,14H2. The van der Waals surface area contributed by atoms with E-state index in [1.165, 1.54) is 11.3 Å². The topological polar surface area (TPSA) is 64.7 Å². The van der Waals surface area contributed by atoms with E-state index in [9.17, 15) is 0 Å². The molecule has 3 aromatic rings. The normalized spacial score (nSPS) is 10.8. The SMILES string of the molecule is Nc1snnc1-c1nc(-c2cccc(Cl)c2Cl)cs1. The van der Waals surface area contributed by atoms with Gasteiger partial charge in [0.15, 0.2) is 5.69 Å². The third-order valence-electron chi connectivity index (χ3n) is 2.45. The van der Waals surface area contributed by atoms with Crippen LogP contribution in [0.2, 0.25) is 10.0 Å². The number of aromatic nitrogens is 3. The molecule has 4 nitrogen and oxygen atoms in total. The van der Waals surface area contributed by atoms with Gasteiger partial charge in [0, 0.05) is 22.5 Å². The highest BCUT2D eigenvalue weighted by Crippen LogP contribution is 2.36. The monoisotopic (exact) mass is 328 g/mol. The van der Waals surface area contributed by atoms with Crippen molar-refractivity contribution in [1.82, 2.24) is 14.6 Å². The maximum atomic E-state index is 6.18. The Morgan fingerprint density at radius 2 is 2.05 bits per heavy atom. The largest absolute Gasteiger partial charge is 0.387 e. The van der Waals surface area contributed by atoms with Crippen LogP contribution < -0.4 is 5.73 Å². The summed E-state index contributed by atoms with van der Waals surface area (Å²) in [6.45, 7) is 0. The molecule has 3 rings (SSSR count). The first-order valence-electron chi connectivity index (χ1n) is 5.15. The Bertz CT molecular complexity index is 738. The molecule has 0 radical (unpaired) electrons. The van der Waals surface area contributed by atoms with Crippen LogP contribution in [0, 0.1) is 0 Å². The summed E-state index contributed by atoms with van der Waals surface area (Å²) in [5, 5.41) is 8.13. The second kappa shape index (κ2) is 5.05. The summed E-state index contributed by atoms with van der Waals surface area (Å²) in [6, 6.07) is 5.44. The van der Waals surface area contributed by atoms with Crippen molar-refractivity contribution in [1.29, 1.82) is 0 Å². The molecular formula is C11H6Cl2N4S2. The van der Waals surface area contributed by atoms with E-state index in [0.29, 0.717) is 20.7 Å². The van der Waals surface area contributed by atoms with E-state index < -0.39 is 0 Å². The molecule has 0 saturated carbocycles. The van der Waals surface area contributed by atoms with E-state index in [-0.39, 0.29) is 0 Å². The first kappa shape index (κ1) is 12.8. The molecule has 0 saturated heterocycles. The average molecular weight is 329 g/mol. The summed E-state index contributed by atoms with van der Waals surface area (Å²) < 4.78 is 3.80. The number of nitrogens with two attached hydrogens (primary N) is 1. The molecule has 0 amide bonds. The van der Waals surface area contributed by atoms with Crippen LogP contribution in [0.4, 0.5) is 5.00 Å². The van der Waals surface area contributed by atoms with Crippen LogP contribution in [0.3, 0.4) is 0 Å². The second-order valence-corrected chi connectivity index (χ2v) is 6.05. The minimum atomic E-state index is 0.491. The molecule has 19 heavy (non-hydrogen) atoms. The van der Waals surface area contributed by atoms with Crippen LogP contribution in [0.15, 0.2) is 23.6 Å². The molecular weight excluding hydrogens is 323 g/mol. The molecule has 0 bridgehead atoms. The summed E-state index contributed by atoms with van der Waals surface area (Å²) in [4.78, 5) is 4.49. The smallest absolute Gasteiger partial charge is 0.157 e. The summed E-state index contributed by atoms with van der Waals surface area (Å²) in [7, 11) is 0. The zero-order valence-corrected chi connectivity index (χ0v) is 12.4. The Morgan fingerprint density at radius 3 is 2.79 bits per heavy atom. The van der Waals surface area contributed by atoms with Gasteiger partial charge in [0.05, 0.1) is 15.7 Å². The highest BCUT2D eigenvalue weighted by molar-refractivity contribution is 7.14. The summed E-state index contributed by atoms with van der Waals surface area (Å²) in [6.07, 6.45) is 0. The summed E-state index contributed by atoms with van der Waals surface area (Å²) in [5.74, 6) is 0. The molecule has 96 valence electrons. The van der Waals surface area contributed by atoms with Crippen molar-refractivity contribution in [2.45, 2.75) is 0 Å². The van der Waals surface area contributed by atoms with Gasteiger partial charge < -0.3 is 5.73 Å². The molecule has 8 heteroatoms. The quantitative estimate of drug-likeness (QED) is 0.764. The molecule has 1 aromatic carbocycles. The Kier molecular flexibility index (Phi) is 3.40. The average Bonchev–Trinajstić information content (AvgIpc) is 3.01. The Hall–Kier alpha value is -1.21. The van der Waals surface area contributed by atoms with Crippen LogP contribution in [0.5, 0.6) is 0 Å². The molecule has 0 unspecified atom stereocenters. The predicted octanol–water partition coefficient (Wildman–Crippen LogP) is 4.22. The van der Waals surface area contributed by atoms with Gasteiger partial charge in [-0.15, -0.1) is 16.4 Å². The minimum absolute atomic E-state index is 0.491. The van der Waals surface area contributed by atoms with Crippen LogP contribution in [-0.2, 0) is 0 Å². The van der Waals surface area contributed by atoms with Gasteiger partial charge in [-0.3, -0.25) is 0 Å². The van der Waals surface area contributed by atoms with Gasteiger partial charge in [0.25, 0.3) is 0 Å². The molecule has 0 aliphatic heterocycles. The second-order valence-electron chi connectivity index (χ2n) is 3.63. The van der Waals surface area contributed by atoms with Gasteiger partial charge in [-0.1, -0.05) is 39.8 Å². The highest BCUT2D eigenvalue weighted by Gasteiger charge is 2.15. The fourth-order valence-corrected chi connectivity index (χ4v) is 3.27. The van der Waals surface area contributed by atoms with Crippen LogP contribution in [0.1, 0.15) is 0 Å². The molecule has 2 heterocycles. The van der Waals surface area contributed by atoms with Gasteiger partial charge in [-0.2, -0.15) is 0 Å². The van der Waals surface area contributed by atoms with Gasteiger partial charge in [0.2, 0.25) is 0 Å². The summed E-state index contributed by atoms with van der Waals surface area (Å²) >= 11 is 14.8. The highest BCUT2D eigenvalue weighted by atomic mass is 35.5. The molecule has 0 spiro atoms. The third-order valence-corrected chi connectivity index (χ3v) is 4.67.